The largest absolute Gasteiger partial charge is 0.463 e. The van der Waals surface area contributed by atoms with Crippen LogP contribution in [0.1, 0.15) is 13.8 Å². The first kappa shape index (κ1) is 19.8. The maximum Gasteiger partial charge on any atom is 0.303 e. The van der Waals surface area contributed by atoms with Crippen molar-refractivity contribution in [2.24, 2.45) is 0 Å². The van der Waals surface area contributed by atoms with Crippen LogP contribution in [0.4, 0.5) is 0 Å². The molecule has 4 atom stereocenters. The molecule has 8 heteroatoms. The van der Waals surface area contributed by atoms with Gasteiger partial charge in [0.05, 0.1) is 6.61 Å². The summed E-state index contributed by atoms with van der Waals surface area (Å²) in [6.07, 6.45) is -3.72. The Balaban J connectivity index is 4.90. The number of methoxy groups -OCH3 is 3. The summed E-state index contributed by atoms with van der Waals surface area (Å²) >= 11 is 0. The second kappa shape index (κ2) is 10.5. The molecule has 0 unspecified atom stereocenters. The van der Waals surface area contributed by atoms with Gasteiger partial charge in [-0.1, -0.05) is 0 Å². The van der Waals surface area contributed by atoms with Gasteiger partial charge < -0.3 is 28.8 Å². The van der Waals surface area contributed by atoms with E-state index in [-0.39, 0.29) is 13.2 Å². The predicted octanol–water partition coefficient (Wildman–Crippen LogP) is -0.481. The molecule has 0 heterocycles. The highest BCUT2D eigenvalue weighted by Gasteiger charge is 2.36. The highest BCUT2D eigenvalue weighted by molar-refractivity contribution is 5.66. The first-order chi connectivity index (χ1) is 9.87. The van der Waals surface area contributed by atoms with Crippen LogP contribution in [0, 0.1) is 0 Å². The number of aliphatic hydroxyl groups excluding tert-OH is 1. The van der Waals surface area contributed by atoms with E-state index in [9.17, 15) is 14.7 Å². The second-order valence-electron chi connectivity index (χ2n) is 4.37. The van der Waals surface area contributed by atoms with Gasteiger partial charge in [0.2, 0.25) is 0 Å². The smallest absolute Gasteiger partial charge is 0.303 e. The maximum atomic E-state index is 11.1. The minimum atomic E-state index is -1.18. The van der Waals surface area contributed by atoms with Crippen molar-refractivity contribution in [2.75, 3.05) is 34.5 Å². The van der Waals surface area contributed by atoms with E-state index in [1.54, 1.807) is 0 Å². The van der Waals surface area contributed by atoms with E-state index in [4.69, 9.17) is 23.7 Å². The van der Waals surface area contributed by atoms with Crippen molar-refractivity contribution >= 4 is 11.9 Å². The summed E-state index contributed by atoms with van der Waals surface area (Å²) in [5, 5.41) is 10.3. The molecule has 124 valence electrons. The Morgan fingerprint density at radius 2 is 1.57 bits per heavy atom. The average molecular weight is 308 g/mol. The van der Waals surface area contributed by atoms with Crippen LogP contribution < -0.4 is 0 Å². The van der Waals surface area contributed by atoms with Crippen LogP contribution in [0.25, 0.3) is 0 Å². The first-order valence-electron chi connectivity index (χ1n) is 6.40. The molecule has 0 aliphatic carbocycles. The van der Waals surface area contributed by atoms with Gasteiger partial charge in [-0.2, -0.15) is 0 Å². The lowest BCUT2D eigenvalue weighted by atomic mass is 10.0. The number of hydrogen-bond acceptors (Lipinski definition) is 8. The van der Waals surface area contributed by atoms with Gasteiger partial charge in [-0.25, -0.2) is 0 Å². The zero-order chi connectivity index (χ0) is 16.4. The highest BCUT2D eigenvalue weighted by Crippen LogP contribution is 2.15. The molecule has 0 rings (SSSR count). The predicted molar refractivity (Wildman–Crippen MR) is 71.7 cm³/mol. The van der Waals surface area contributed by atoms with Gasteiger partial charge in [-0.15, -0.1) is 0 Å². The molecule has 0 radical (unpaired) electrons. The van der Waals surface area contributed by atoms with Crippen LogP contribution in [-0.4, -0.2) is 76.0 Å². The van der Waals surface area contributed by atoms with E-state index in [0.717, 1.165) is 0 Å². The molecule has 21 heavy (non-hydrogen) atoms. The van der Waals surface area contributed by atoms with Crippen molar-refractivity contribution in [3.8, 4) is 0 Å². The zero-order valence-corrected chi connectivity index (χ0v) is 13.0. The molecule has 0 aliphatic heterocycles. The molecule has 0 spiro atoms. The third kappa shape index (κ3) is 7.37. The van der Waals surface area contributed by atoms with E-state index >= 15 is 0 Å². The molecule has 0 amide bonds. The molecule has 0 aromatic heterocycles. The normalized spacial score (nSPS) is 16.7. The minimum Gasteiger partial charge on any atom is -0.463 e. The van der Waals surface area contributed by atoms with E-state index in [2.05, 4.69) is 0 Å². The van der Waals surface area contributed by atoms with Gasteiger partial charge in [0.15, 0.2) is 6.10 Å². The van der Waals surface area contributed by atoms with Crippen LogP contribution in [0.5, 0.6) is 0 Å². The molecule has 0 aromatic carbocycles. The van der Waals surface area contributed by atoms with Gasteiger partial charge in [0.1, 0.15) is 24.9 Å². The van der Waals surface area contributed by atoms with E-state index < -0.39 is 36.4 Å². The molecule has 0 aromatic rings. The molecular formula is C13H24O8. The quantitative estimate of drug-likeness (QED) is 0.540. The monoisotopic (exact) mass is 308 g/mol. The van der Waals surface area contributed by atoms with Crippen LogP contribution in [0.2, 0.25) is 0 Å². The van der Waals surface area contributed by atoms with Crippen LogP contribution in [-0.2, 0) is 33.3 Å². The molecular weight excluding hydrogens is 284 g/mol. The van der Waals surface area contributed by atoms with Crippen molar-refractivity contribution in [1.82, 2.24) is 0 Å². The first-order valence-corrected chi connectivity index (χ1v) is 6.40. The molecule has 0 saturated carbocycles. The lowest BCUT2D eigenvalue weighted by Crippen LogP contribution is -2.50. The van der Waals surface area contributed by atoms with Crippen molar-refractivity contribution in [2.45, 2.75) is 38.3 Å². The Bertz CT molecular complexity index is 319. The SMILES string of the molecule is COC[C@H](OC(C)=O)[C@H](OC)[C@H](O)[C@H](COC(C)=O)OC. The molecule has 0 aliphatic rings. The van der Waals surface area contributed by atoms with Crippen molar-refractivity contribution in [3.63, 3.8) is 0 Å². The summed E-state index contributed by atoms with van der Waals surface area (Å²) in [5.74, 6) is -1.02. The second-order valence-corrected chi connectivity index (χ2v) is 4.37. The molecule has 0 fully saturated rings. The molecule has 1 N–H and O–H groups in total. The van der Waals surface area contributed by atoms with E-state index in [1.807, 2.05) is 0 Å². The Labute approximate surface area is 124 Å². The Hall–Kier alpha value is -1.22. The van der Waals surface area contributed by atoms with Gasteiger partial charge in [0, 0.05) is 35.2 Å². The fourth-order valence-corrected chi connectivity index (χ4v) is 1.80. The molecule has 8 nitrogen and oxygen atoms in total. The van der Waals surface area contributed by atoms with Gasteiger partial charge >= 0.3 is 11.9 Å². The van der Waals surface area contributed by atoms with Crippen LogP contribution in [0.3, 0.4) is 0 Å². The van der Waals surface area contributed by atoms with E-state index in [0.29, 0.717) is 0 Å². The van der Waals surface area contributed by atoms with Crippen molar-refractivity contribution in [3.05, 3.63) is 0 Å². The van der Waals surface area contributed by atoms with Gasteiger partial charge in [0.25, 0.3) is 0 Å². The standard InChI is InChI=1S/C13H24O8/c1-8(14)20-7-10(18-4)12(16)13(19-5)11(6-17-3)21-9(2)15/h10-13,16H,6-7H2,1-5H3/t10-,11-,12+,13-/m0/s1. The zero-order valence-electron chi connectivity index (χ0n) is 13.0. The highest BCUT2D eigenvalue weighted by atomic mass is 16.6. The van der Waals surface area contributed by atoms with Crippen LogP contribution >= 0.6 is 0 Å². The maximum absolute atomic E-state index is 11.1. The number of aliphatic hydroxyl groups is 1. The third-order valence-corrected chi connectivity index (χ3v) is 2.76. The number of carbonyl (C=O) groups excluding carboxylic acids is 2. The summed E-state index contributed by atoms with van der Waals surface area (Å²) < 4.78 is 25.1. The van der Waals surface area contributed by atoms with Crippen molar-refractivity contribution < 1.29 is 38.4 Å². The average Bonchev–Trinajstić information content (AvgIpc) is 2.39. The van der Waals surface area contributed by atoms with Gasteiger partial charge in [-0.05, 0) is 0 Å². The summed E-state index contributed by atoms with van der Waals surface area (Å²) in [6.45, 7) is 2.39. The fourth-order valence-electron chi connectivity index (χ4n) is 1.80. The Kier molecular flexibility index (Phi) is 9.89. The number of carbonyl (C=O) groups is 2. The summed E-state index contributed by atoms with van der Waals surface area (Å²) in [5.41, 5.74) is 0. The third-order valence-electron chi connectivity index (χ3n) is 2.76. The Morgan fingerprint density at radius 1 is 0.952 bits per heavy atom. The summed E-state index contributed by atoms with van der Waals surface area (Å²) in [4.78, 5) is 21.9. The Morgan fingerprint density at radius 3 is 1.95 bits per heavy atom. The number of ether oxygens (including phenoxy) is 5. The molecule has 0 bridgehead atoms. The lowest BCUT2D eigenvalue weighted by Gasteiger charge is -2.32. The van der Waals surface area contributed by atoms with E-state index in [1.165, 1.54) is 35.2 Å². The molecule has 0 saturated heterocycles. The summed E-state index contributed by atoms with van der Waals surface area (Å²) in [7, 11) is 4.15. The van der Waals surface area contributed by atoms with Gasteiger partial charge in [-0.3, -0.25) is 9.59 Å². The lowest BCUT2D eigenvalue weighted by molar-refractivity contribution is -0.179. The summed E-state index contributed by atoms with van der Waals surface area (Å²) in [6, 6.07) is 0. The number of esters is 2. The van der Waals surface area contributed by atoms with Crippen molar-refractivity contribution in [1.29, 1.82) is 0 Å². The number of rotatable bonds is 10. The fraction of sp³-hybridized carbons (Fsp3) is 0.846. The topological polar surface area (TPSA) is 101 Å². The minimum absolute atomic E-state index is 0.0408. The number of hydrogen-bond donors (Lipinski definition) is 1. The van der Waals surface area contributed by atoms with Crippen LogP contribution in [0.15, 0.2) is 0 Å².